The number of hydrogen-bond donors (Lipinski definition) is 2. The Labute approximate surface area is 199 Å². The number of aryl methyl sites for hydroxylation is 3. The number of carbonyl (C=O) groups excluding carboxylic acids is 2. The van der Waals surface area contributed by atoms with Crippen LogP contribution in [0.1, 0.15) is 27.0 Å². The van der Waals surface area contributed by atoms with E-state index in [-0.39, 0.29) is 17.1 Å². The van der Waals surface area contributed by atoms with Gasteiger partial charge < -0.3 is 4.74 Å². The van der Waals surface area contributed by atoms with E-state index < -0.39 is 21.8 Å². The SMILES string of the molecule is Cc1ccc(S(=O)(=O)N(C)c2ccc(C(=O)NNC(=O)COc3cc(C)ccc3C)cc2)cc1. The molecule has 0 aliphatic carbocycles. The van der Waals surface area contributed by atoms with Gasteiger partial charge in [0, 0.05) is 12.6 Å². The largest absolute Gasteiger partial charge is 0.483 e. The number of hydrazine groups is 1. The van der Waals surface area contributed by atoms with Gasteiger partial charge >= 0.3 is 0 Å². The van der Waals surface area contributed by atoms with Crippen molar-refractivity contribution in [3.05, 3.63) is 89.0 Å². The summed E-state index contributed by atoms with van der Waals surface area (Å²) >= 11 is 0. The van der Waals surface area contributed by atoms with Crippen molar-refractivity contribution >= 4 is 27.5 Å². The Morgan fingerprint density at radius 2 is 1.47 bits per heavy atom. The molecule has 0 aliphatic rings. The van der Waals surface area contributed by atoms with E-state index in [0.29, 0.717) is 11.4 Å². The van der Waals surface area contributed by atoms with Crippen LogP contribution in [-0.2, 0) is 14.8 Å². The molecule has 0 saturated carbocycles. The van der Waals surface area contributed by atoms with E-state index >= 15 is 0 Å². The highest BCUT2D eigenvalue weighted by Gasteiger charge is 2.21. The summed E-state index contributed by atoms with van der Waals surface area (Å²) in [5.74, 6) is -0.466. The predicted octanol–water partition coefficient (Wildman–Crippen LogP) is 3.28. The second-order valence-electron chi connectivity index (χ2n) is 7.89. The second kappa shape index (κ2) is 10.4. The normalized spacial score (nSPS) is 10.9. The maximum Gasteiger partial charge on any atom is 0.276 e. The summed E-state index contributed by atoms with van der Waals surface area (Å²) in [6.45, 7) is 5.42. The number of nitrogens with zero attached hydrogens (tertiary/aromatic N) is 1. The molecule has 178 valence electrons. The van der Waals surface area contributed by atoms with Gasteiger partial charge in [-0.2, -0.15) is 0 Å². The third-order valence-corrected chi connectivity index (χ3v) is 6.99. The van der Waals surface area contributed by atoms with Crippen LogP contribution in [0, 0.1) is 20.8 Å². The topological polar surface area (TPSA) is 105 Å². The standard InChI is InChI=1S/C25H27N3O5S/c1-17-6-13-22(14-7-17)34(31,32)28(4)21-11-9-20(10-12-21)25(30)27-26-24(29)16-33-23-15-18(2)5-8-19(23)3/h5-15H,16H2,1-4H3,(H,26,29)(H,27,30). The smallest absolute Gasteiger partial charge is 0.276 e. The minimum atomic E-state index is -3.74. The van der Waals surface area contributed by atoms with Crippen LogP contribution in [0.4, 0.5) is 5.69 Å². The summed E-state index contributed by atoms with van der Waals surface area (Å²) in [6, 6.07) is 18.2. The number of anilines is 1. The number of ether oxygens (including phenoxy) is 1. The maximum absolute atomic E-state index is 12.8. The molecule has 2 N–H and O–H groups in total. The average Bonchev–Trinajstić information content (AvgIpc) is 2.83. The summed E-state index contributed by atoms with van der Waals surface area (Å²) in [5, 5.41) is 0. The predicted molar refractivity (Wildman–Crippen MR) is 130 cm³/mol. The summed E-state index contributed by atoms with van der Waals surface area (Å²) in [4.78, 5) is 24.6. The van der Waals surface area contributed by atoms with Crippen LogP contribution < -0.4 is 19.9 Å². The lowest BCUT2D eigenvalue weighted by Crippen LogP contribution is -2.43. The number of amides is 2. The molecule has 0 heterocycles. The van der Waals surface area contributed by atoms with Gasteiger partial charge in [-0.15, -0.1) is 0 Å². The third kappa shape index (κ3) is 5.93. The number of carbonyl (C=O) groups is 2. The fourth-order valence-electron chi connectivity index (χ4n) is 3.07. The highest BCUT2D eigenvalue weighted by Crippen LogP contribution is 2.23. The van der Waals surface area contributed by atoms with Gasteiger partial charge in [0.25, 0.3) is 21.8 Å². The van der Waals surface area contributed by atoms with Crippen molar-refractivity contribution in [2.24, 2.45) is 0 Å². The quantitative estimate of drug-likeness (QED) is 0.504. The first kappa shape index (κ1) is 24.8. The highest BCUT2D eigenvalue weighted by atomic mass is 32.2. The van der Waals surface area contributed by atoms with Gasteiger partial charge in [-0.1, -0.05) is 29.8 Å². The molecule has 3 aromatic carbocycles. The Hall–Kier alpha value is -3.85. The van der Waals surface area contributed by atoms with Crippen LogP contribution >= 0.6 is 0 Å². The van der Waals surface area contributed by atoms with Crippen molar-refractivity contribution in [2.75, 3.05) is 18.0 Å². The Morgan fingerprint density at radius 3 is 2.12 bits per heavy atom. The lowest BCUT2D eigenvalue weighted by atomic mass is 10.1. The first-order chi connectivity index (χ1) is 16.1. The molecular formula is C25H27N3O5S. The van der Waals surface area contributed by atoms with Gasteiger partial charge in [-0.05, 0) is 74.4 Å². The number of nitrogens with one attached hydrogen (secondary N) is 2. The van der Waals surface area contributed by atoms with E-state index in [0.717, 1.165) is 21.0 Å². The molecule has 34 heavy (non-hydrogen) atoms. The first-order valence-corrected chi connectivity index (χ1v) is 12.0. The molecule has 0 radical (unpaired) electrons. The van der Waals surface area contributed by atoms with E-state index in [1.807, 2.05) is 39.0 Å². The number of hydrogen-bond acceptors (Lipinski definition) is 5. The van der Waals surface area contributed by atoms with Crippen molar-refractivity contribution in [3.63, 3.8) is 0 Å². The van der Waals surface area contributed by atoms with Crippen LogP contribution in [0.3, 0.4) is 0 Å². The molecule has 3 aromatic rings. The van der Waals surface area contributed by atoms with Gasteiger partial charge in [0.2, 0.25) is 0 Å². The van der Waals surface area contributed by atoms with E-state index in [1.165, 1.54) is 31.3 Å². The molecule has 0 fully saturated rings. The summed E-state index contributed by atoms with van der Waals surface area (Å²) < 4.78 is 32.3. The molecule has 9 heteroatoms. The number of benzene rings is 3. The zero-order chi connectivity index (χ0) is 24.9. The van der Waals surface area contributed by atoms with Gasteiger partial charge in [-0.3, -0.25) is 24.7 Å². The van der Waals surface area contributed by atoms with Gasteiger partial charge in [-0.25, -0.2) is 8.42 Å². The molecule has 3 rings (SSSR count). The molecule has 0 bridgehead atoms. The molecular weight excluding hydrogens is 454 g/mol. The van der Waals surface area contributed by atoms with Gasteiger partial charge in [0.05, 0.1) is 10.6 Å². The Morgan fingerprint density at radius 1 is 0.853 bits per heavy atom. The summed E-state index contributed by atoms with van der Waals surface area (Å²) in [7, 11) is -2.29. The molecule has 0 aliphatic heterocycles. The van der Waals surface area contributed by atoms with E-state index in [1.54, 1.807) is 24.3 Å². The Kier molecular flexibility index (Phi) is 7.57. The van der Waals surface area contributed by atoms with Crippen LogP contribution in [0.25, 0.3) is 0 Å². The zero-order valence-corrected chi connectivity index (χ0v) is 20.3. The fraction of sp³-hybridized carbons (Fsp3) is 0.200. The summed E-state index contributed by atoms with van der Waals surface area (Å²) in [6.07, 6.45) is 0. The first-order valence-electron chi connectivity index (χ1n) is 10.5. The number of sulfonamides is 1. The molecule has 0 unspecified atom stereocenters. The molecule has 0 atom stereocenters. The molecule has 2 amide bonds. The monoisotopic (exact) mass is 481 g/mol. The van der Waals surface area contributed by atoms with Crippen molar-refractivity contribution in [1.29, 1.82) is 0 Å². The van der Waals surface area contributed by atoms with Gasteiger partial charge in [0.15, 0.2) is 6.61 Å². The second-order valence-corrected chi connectivity index (χ2v) is 9.86. The summed E-state index contributed by atoms with van der Waals surface area (Å²) in [5.41, 5.74) is 8.13. The number of rotatable bonds is 7. The van der Waals surface area contributed by atoms with Crippen LogP contribution in [-0.4, -0.2) is 33.9 Å². The van der Waals surface area contributed by atoms with Crippen molar-refractivity contribution in [1.82, 2.24) is 10.9 Å². The van der Waals surface area contributed by atoms with Crippen LogP contribution in [0.2, 0.25) is 0 Å². The highest BCUT2D eigenvalue weighted by molar-refractivity contribution is 7.92. The zero-order valence-electron chi connectivity index (χ0n) is 19.5. The lowest BCUT2D eigenvalue weighted by molar-refractivity contribution is -0.123. The van der Waals surface area contributed by atoms with E-state index in [4.69, 9.17) is 4.74 Å². The molecule has 0 aromatic heterocycles. The minimum Gasteiger partial charge on any atom is -0.483 e. The van der Waals surface area contributed by atoms with Crippen molar-refractivity contribution < 1.29 is 22.7 Å². The van der Waals surface area contributed by atoms with Crippen molar-refractivity contribution in [3.8, 4) is 5.75 Å². The van der Waals surface area contributed by atoms with E-state index in [9.17, 15) is 18.0 Å². The van der Waals surface area contributed by atoms with Crippen LogP contribution in [0.5, 0.6) is 5.75 Å². The van der Waals surface area contributed by atoms with Gasteiger partial charge in [0.1, 0.15) is 5.75 Å². The Balaban J connectivity index is 1.56. The van der Waals surface area contributed by atoms with E-state index in [2.05, 4.69) is 10.9 Å². The molecule has 0 saturated heterocycles. The maximum atomic E-state index is 12.8. The fourth-order valence-corrected chi connectivity index (χ4v) is 4.27. The van der Waals surface area contributed by atoms with Crippen molar-refractivity contribution in [2.45, 2.75) is 25.7 Å². The van der Waals surface area contributed by atoms with Crippen LogP contribution in [0.15, 0.2) is 71.6 Å². The molecule has 8 nitrogen and oxygen atoms in total. The third-order valence-electron chi connectivity index (χ3n) is 5.19. The molecule has 0 spiro atoms. The Bertz CT molecular complexity index is 1290. The average molecular weight is 482 g/mol. The minimum absolute atomic E-state index is 0.174. The lowest BCUT2D eigenvalue weighted by Gasteiger charge is -2.20.